The molecule has 0 spiro atoms. The van der Waals surface area contributed by atoms with Gasteiger partial charge in [-0.05, 0) is 11.6 Å². The molecule has 1 N–H and O–H groups in total. The molecule has 1 nitrogen and oxygen atoms in total. The zero-order valence-electron chi connectivity index (χ0n) is 8.53. The van der Waals surface area contributed by atoms with Gasteiger partial charge in [0.05, 0.1) is 6.10 Å². The van der Waals surface area contributed by atoms with Gasteiger partial charge in [-0.3, -0.25) is 0 Å². The lowest BCUT2D eigenvalue weighted by atomic mass is 9.96. The second-order valence-electron chi connectivity index (χ2n) is 3.77. The minimum absolute atomic E-state index is 0.272. The molecule has 1 aliphatic carbocycles. The third kappa shape index (κ3) is 1.72. The molecule has 1 aromatic carbocycles. The Labute approximate surface area is 87.8 Å². The van der Waals surface area contributed by atoms with Crippen molar-refractivity contribution in [2.45, 2.75) is 17.4 Å². The summed E-state index contributed by atoms with van der Waals surface area (Å²) in [6, 6.07) is 6.39. The fraction of sp³-hybridized carbons (Fsp3) is 0.333. The predicted octanol–water partition coefficient (Wildman–Crippen LogP) is 1.85. The smallest absolute Gasteiger partial charge is 0.158 e. The van der Waals surface area contributed by atoms with Gasteiger partial charge in [-0.15, -0.1) is 0 Å². The molecule has 1 aromatic rings. The van der Waals surface area contributed by atoms with Crippen molar-refractivity contribution in [3.63, 3.8) is 0 Å². The Balaban J connectivity index is 2.51. The fourth-order valence-corrected chi connectivity index (χ4v) is 2.88. The number of rotatable bonds is 1. The summed E-state index contributed by atoms with van der Waals surface area (Å²) in [4.78, 5) is 1.39. The van der Waals surface area contributed by atoms with E-state index < -0.39 is 0 Å². The van der Waals surface area contributed by atoms with E-state index in [9.17, 15) is 5.11 Å². The van der Waals surface area contributed by atoms with E-state index >= 15 is 0 Å². The summed E-state index contributed by atoms with van der Waals surface area (Å²) >= 11 is 0. The molecule has 0 aromatic heterocycles. The quantitative estimate of drug-likeness (QED) is 0.697. The Bertz CT molecular complexity index is 369. The van der Waals surface area contributed by atoms with Crippen LogP contribution in [0, 0.1) is 0 Å². The molecule has 0 saturated carbocycles. The first-order chi connectivity index (χ1) is 6.68. The first kappa shape index (κ1) is 9.81. The number of fused-ring (bicyclic) bond motifs is 1. The summed E-state index contributed by atoms with van der Waals surface area (Å²) in [6.07, 6.45) is 8.82. The molecule has 0 amide bonds. The first-order valence-corrected chi connectivity index (χ1v) is 6.78. The summed E-state index contributed by atoms with van der Waals surface area (Å²) in [5, 5.41) is 9.58. The van der Waals surface area contributed by atoms with E-state index in [2.05, 4.69) is 30.7 Å². The third-order valence-electron chi connectivity index (χ3n) is 2.52. The van der Waals surface area contributed by atoms with Crippen LogP contribution in [-0.2, 0) is 17.3 Å². The molecule has 0 heterocycles. The molecule has 0 bridgehead atoms. The normalized spacial score (nSPS) is 19.9. The van der Waals surface area contributed by atoms with Crippen LogP contribution in [0.1, 0.15) is 11.1 Å². The zero-order chi connectivity index (χ0) is 10.1. The van der Waals surface area contributed by atoms with E-state index in [4.69, 9.17) is 0 Å². The highest BCUT2D eigenvalue weighted by molar-refractivity contribution is 7.95. The molecule has 1 atom stereocenters. The van der Waals surface area contributed by atoms with Crippen LogP contribution in [0.4, 0.5) is 0 Å². The van der Waals surface area contributed by atoms with Crippen molar-refractivity contribution in [1.82, 2.24) is 0 Å². The van der Waals surface area contributed by atoms with E-state index in [1.807, 2.05) is 12.2 Å². The van der Waals surface area contributed by atoms with E-state index in [-0.39, 0.29) is 17.0 Å². The van der Waals surface area contributed by atoms with Gasteiger partial charge in [-0.2, -0.15) is 0 Å². The summed E-state index contributed by atoms with van der Waals surface area (Å²) in [5.74, 6) is 0. The van der Waals surface area contributed by atoms with Crippen LogP contribution in [0.2, 0.25) is 0 Å². The topological polar surface area (TPSA) is 20.2 Å². The summed E-state index contributed by atoms with van der Waals surface area (Å²) in [5.41, 5.74) is 2.60. The number of hydrogen-bond donors (Lipinski definition) is 1. The molecule has 74 valence electrons. The van der Waals surface area contributed by atoms with Gasteiger partial charge in [0.25, 0.3) is 0 Å². The molecule has 0 aliphatic heterocycles. The Hall–Kier alpha value is -0.730. The van der Waals surface area contributed by atoms with Crippen molar-refractivity contribution in [1.29, 1.82) is 0 Å². The van der Waals surface area contributed by atoms with Crippen LogP contribution in [0.25, 0.3) is 6.08 Å². The maximum atomic E-state index is 9.58. The lowest BCUT2D eigenvalue weighted by molar-refractivity contribution is 0.222. The van der Waals surface area contributed by atoms with Crippen LogP contribution >= 0.6 is 0 Å². The van der Waals surface area contributed by atoms with Crippen molar-refractivity contribution in [2.75, 3.05) is 12.5 Å². The second kappa shape index (κ2) is 3.79. The third-order valence-corrected chi connectivity index (χ3v) is 3.78. The molecule has 0 radical (unpaired) electrons. The minimum Gasteiger partial charge on any atom is -0.389 e. The lowest BCUT2D eigenvalue weighted by Crippen LogP contribution is -2.15. The zero-order valence-corrected chi connectivity index (χ0v) is 9.34. The van der Waals surface area contributed by atoms with E-state index in [1.165, 1.54) is 16.0 Å². The van der Waals surface area contributed by atoms with Crippen LogP contribution in [0.5, 0.6) is 0 Å². The van der Waals surface area contributed by atoms with Crippen molar-refractivity contribution in [3.05, 3.63) is 35.4 Å². The van der Waals surface area contributed by atoms with Gasteiger partial charge in [0.15, 0.2) is 4.90 Å². The van der Waals surface area contributed by atoms with Crippen LogP contribution < -0.4 is 0 Å². The van der Waals surface area contributed by atoms with Gasteiger partial charge in [-0.25, -0.2) is 0 Å². The molecule has 0 saturated heterocycles. The largest absolute Gasteiger partial charge is 0.389 e. The SMILES string of the molecule is C[S+](C)c1cccc2c1CC(O)C=C2. The van der Waals surface area contributed by atoms with Gasteiger partial charge in [0.2, 0.25) is 0 Å². The summed E-state index contributed by atoms with van der Waals surface area (Å²) < 4.78 is 0. The minimum atomic E-state index is -0.299. The van der Waals surface area contributed by atoms with Crippen molar-refractivity contribution in [2.24, 2.45) is 0 Å². The highest BCUT2D eigenvalue weighted by atomic mass is 32.2. The number of aliphatic hydroxyl groups excluding tert-OH is 1. The Morgan fingerprint density at radius 3 is 2.86 bits per heavy atom. The predicted molar refractivity (Wildman–Crippen MR) is 62.7 cm³/mol. The van der Waals surface area contributed by atoms with Crippen LogP contribution in [-0.4, -0.2) is 23.7 Å². The molecule has 1 aliphatic rings. The van der Waals surface area contributed by atoms with Crippen molar-refractivity contribution >= 4 is 17.0 Å². The molecule has 0 fully saturated rings. The summed E-state index contributed by atoms with van der Waals surface area (Å²) in [7, 11) is 0.272. The maximum Gasteiger partial charge on any atom is 0.158 e. The summed E-state index contributed by atoms with van der Waals surface area (Å²) in [6.45, 7) is 0. The van der Waals surface area contributed by atoms with E-state index in [0.717, 1.165) is 6.42 Å². The Kier molecular flexibility index (Phi) is 2.66. The van der Waals surface area contributed by atoms with E-state index in [1.54, 1.807) is 0 Å². The molecular formula is C12H15OS+. The molecule has 2 rings (SSSR count). The number of aliphatic hydroxyl groups is 1. The van der Waals surface area contributed by atoms with Gasteiger partial charge < -0.3 is 5.11 Å². The van der Waals surface area contributed by atoms with Crippen LogP contribution in [0.3, 0.4) is 0 Å². The molecular weight excluding hydrogens is 192 g/mol. The van der Waals surface area contributed by atoms with Crippen molar-refractivity contribution in [3.8, 4) is 0 Å². The van der Waals surface area contributed by atoms with E-state index in [0.29, 0.717) is 0 Å². The number of benzene rings is 1. The van der Waals surface area contributed by atoms with Crippen molar-refractivity contribution < 1.29 is 5.11 Å². The maximum absolute atomic E-state index is 9.58. The first-order valence-electron chi connectivity index (χ1n) is 4.74. The number of hydrogen-bond acceptors (Lipinski definition) is 1. The average molecular weight is 207 g/mol. The molecule has 2 heteroatoms. The van der Waals surface area contributed by atoms with Gasteiger partial charge in [-0.1, -0.05) is 24.3 Å². The highest BCUT2D eigenvalue weighted by Crippen LogP contribution is 2.26. The monoisotopic (exact) mass is 207 g/mol. The van der Waals surface area contributed by atoms with Gasteiger partial charge >= 0.3 is 0 Å². The second-order valence-corrected chi connectivity index (χ2v) is 5.84. The highest BCUT2D eigenvalue weighted by Gasteiger charge is 2.21. The van der Waals surface area contributed by atoms with Gasteiger partial charge in [0, 0.05) is 22.9 Å². The average Bonchev–Trinajstić information content (AvgIpc) is 2.16. The fourth-order valence-electron chi connectivity index (χ4n) is 1.83. The van der Waals surface area contributed by atoms with Gasteiger partial charge in [0.1, 0.15) is 12.5 Å². The molecule has 14 heavy (non-hydrogen) atoms. The standard InChI is InChI=1S/C12H15OS/c1-14(2)12-5-3-4-9-6-7-10(13)8-11(9)12/h3-7,10,13H,8H2,1-2H3/q+1. The molecule has 1 unspecified atom stereocenters. The lowest BCUT2D eigenvalue weighted by Gasteiger charge is -2.16. The van der Waals surface area contributed by atoms with Crippen LogP contribution in [0.15, 0.2) is 29.2 Å². The Morgan fingerprint density at radius 1 is 1.36 bits per heavy atom. The Morgan fingerprint density at radius 2 is 2.14 bits per heavy atom.